The van der Waals surface area contributed by atoms with Gasteiger partial charge in [-0.1, -0.05) is 12.8 Å². The molecule has 0 amide bonds. The molecule has 0 atom stereocenters. The molecular formula is C13H28IN3O. The van der Waals surface area contributed by atoms with Gasteiger partial charge in [-0.3, -0.25) is 4.99 Å². The summed E-state index contributed by atoms with van der Waals surface area (Å²) in [4.78, 5) is 4.25. The number of hydrogen-bond acceptors (Lipinski definition) is 2. The van der Waals surface area contributed by atoms with Gasteiger partial charge in [0, 0.05) is 32.8 Å². The van der Waals surface area contributed by atoms with Crippen molar-refractivity contribution in [1.29, 1.82) is 0 Å². The fourth-order valence-corrected chi connectivity index (χ4v) is 2.14. The van der Waals surface area contributed by atoms with Crippen molar-refractivity contribution < 1.29 is 4.74 Å². The number of unbranched alkanes of at least 4 members (excludes halogenated alkanes) is 1. The number of halogens is 1. The van der Waals surface area contributed by atoms with Crippen molar-refractivity contribution in [1.82, 2.24) is 10.6 Å². The highest BCUT2D eigenvalue weighted by Gasteiger charge is 2.15. The molecule has 0 saturated heterocycles. The smallest absolute Gasteiger partial charge is 0.191 e. The molecule has 0 aliphatic heterocycles. The van der Waals surface area contributed by atoms with Crippen LogP contribution >= 0.6 is 24.0 Å². The van der Waals surface area contributed by atoms with Crippen LogP contribution in [0, 0.1) is 0 Å². The van der Waals surface area contributed by atoms with Crippen molar-refractivity contribution in [2.24, 2.45) is 4.99 Å². The maximum atomic E-state index is 5.30. The summed E-state index contributed by atoms with van der Waals surface area (Å²) in [5.74, 6) is 0.952. The molecule has 1 aliphatic rings. The fourth-order valence-electron chi connectivity index (χ4n) is 2.14. The minimum absolute atomic E-state index is 0. The quantitative estimate of drug-likeness (QED) is 0.314. The zero-order valence-electron chi connectivity index (χ0n) is 11.7. The lowest BCUT2D eigenvalue weighted by atomic mass is 10.2. The predicted octanol–water partition coefficient (Wildman–Crippen LogP) is 2.53. The molecule has 4 nitrogen and oxygen atoms in total. The Hall–Kier alpha value is -0.0400. The molecule has 1 rings (SSSR count). The molecule has 0 aromatic rings. The average Bonchev–Trinajstić information content (AvgIpc) is 2.85. The molecule has 0 spiro atoms. The summed E-state index contributed by atoms with van der Waals surface area (Å²) in [6, 6.07) is 0.629. The van der Waals surface area contributed by atoms with Crippen LogP contribution in [0.4, 0.5) is 0 Å². The summed E-state index contributed by atoms with van der Waals surface area (Å²) in [5, 5.41) is 6.83. The van der Waals surface area contributed by atoms with Crippen LogP contribution in [-0.2, 0) is 4.74 Å². The maximum absolute atomic E-state index is 5.30. The molecule has 0 radical (unpaired) electrons. The van der Waals surface area contributed by atoms with Gasteiger partial charge in [0.15, 0.2) is 5.96 Å². The largest absolute Gasteiger partial charge is 0.382 e. The first-order valence-corrected chi connectivity index (χ1v) is 6.91. The molecule has 5 heteroatoms. The Labute approximate surface area is 128 Å². The second kappa shape index (κ2) is 12.0. The van der Waals surface area contributed by atoms with Gasteiger partial charge in [0.25, 0.3) is 0 Å². The SMILES string of the molecule is CCOCCCCNC(=NC)NC1CCCC1.I. The van der Waals surface area contributed by atoms with Gasteiger partial charge in [0.1, 0.15) is 0 Å². The lowest BCUT2D eigenvalue weighted by Crippen LogP contribution is -2.42. The van der Waals surface area contributed by atoms with E-state index in [0.29, 0.717) is 6.04 Å². The number of nitrogens with zero attached hydrogens (tertiary/aromatic N) is 1. The molecule has 0 bridgehead atoms. The Balaban J connectivity index is 0.00000289. The molecule has 108 valence electrons. The first-order chi connectivity index (χ1) is 8.36. The van der Waals surface area contributed by atoms with E-state index in [1.165, 1.54) is 25.7 Å². The van der Waals surface area contributed by atoms with Crippen molar-refractivity contribution in [3.63, 3.8) is 0 Å². The molecule has 0 aromatic heterocycles. The van der Waals surface area contributed by atoms with Crippen molar-refractivity contribution in [2.75, 3.05) is 26.8 Å². The highest BCUT2D eigenvalue weighted by atomic mass is 127. The van der Waals surface area contributed by atoms with Crippen LogP contribution in [0.3, 0.4) is 0 Å². The van der Waals surface area contributed by atoms with E-state index in [4.69, 9.17) is 4.74 Å². The number of nitrogens with one attached hydrogen (secondary N) is 2. The Morgan fingerprint density at radius 1 is 1.28 bits per heavy atom. The van der Waals surface area contributed by atoms with E-state index in [9.17, 15) is 0 Å². The molecule has 1 fully saturated rings. The first kappa shape index (κ1) is 18.0. The van der Waals surface area contributed by atoms with E-state index in [-0.39, 0.29) is 24.0 Å². The summed E-state index contributed by atoms with van der Waals surface area (Å²) in [6.07, 6.45) is 7.51. The summed E-state index contributed by atoms with van der Waals surface area (Å²) in [6.45, 7) is 4.69. The van der Waals surface area contributed by atoms with Gasteiger partial charge in [0.05, 0.1) is 0 Å². The van der Waals surface area contributed by atoms with E-state index in [0.717, 1.165) is 38.6 Å². The lowest BCUT2D eigenvalue weighted by Gasteiger charge is -2.16. The molecule has 0 aromatic carbocycles. The van der Waals surface area contributed by atoms with Gasteiger partial charge < -0.3 is 15.4 Å². The standard InChI is InChI=1S/C13H27N3O.HI/c1-3-17-11-7-6-10-15-13(14-2)16-12-8-4-5-9-12;/h12H,3-11H2,1-2H3,(H2,14,15,16);1H. The van der Waals surface area contributed by atoms with Gasteiger partial charge in [-0.15, -0.1) is 24.0 Å². The fraction of sp³-hybridized carbons (Fsp3) is 0.923. The Kier molecular flexibility index (Phi) is 12.0. The molecular weight excluding hydrogens is 341 g/mol. The Morgan fingerprint density at radius 3 is 2.61 bits per heavy atom. The Bertz CT molecular complexity index is 218. The minimum atomic E-state index is 0. The molecule has 18 heavy (non-hydrogen) atoms. The second-order valence-corrected chi connectivity index (χ2v) is 4.53. The van der Waals surface area contributed by atoms with Crippen molar-refractivity contribution in [2.45, 2.75) is 51.5 Å². The first-order valence-electron chi connectivity index (χ1n) is 6.91. The highest BCUT2D eigenvalue weighted by molar-refractivity contribution is 14.0. The number of hydrogen-bond donors (Lipinski definition) is 2. The normalized spacial score (nSPS) is 16.4. The van der Waals surface area contributed by atoms with Gasteiger partial charge in [-0.2, -0.15) is 0 Å². The number of aliphatic imine (C=N–C) groups is 1. The lowest BCUT2D eigenvalue weighted by molar-refractivity contribution is 0.143. The minimum Gasteiger partial charge on any atom is -0.382 e. The maximum Gasteiger partial charge on any atom is 0.191 e. The summed E-state index contributed by atoms with van der Waals surface area (Å²) in [7, 11) is 1.84. The van der Waals surface area contributed by atoms with E-state index < -0.39 is 0 Å². The molecule has 0 unspecified atom stereocenters. The van der Waals surface area contributed by atoms with Crippen molar-refractivity contribution in [3.8, 4) is 0 Å². The number of guanidine groups is 1. The molecule has 0 heterocycles. The third kappa shape index (κ3) is 8.13. The zero-order chi connectivity index (χ0) is 12.3. The molecule has 1 aliphatic carbocycles. The number of rotatable bonds is 7. The van der Waals surface area contributed by atoms with Crippen molar-refractivity contribution in [3.05, 3.63) is 0 Å². The third-order valence-electron chi connectivity index (χ3n) is 3.13. The third-order valence-corrected chi connectivity index (χ3v) is 3.13. The summed E-state index contributed by atoms with van der Waals surface area (Å²) < 4.78 is 5.30. The van der Waals surface area contributed by atoms with Crippen LogP contribution in [0.5, 0.6) is 0 Å². The highest BCUT2D eigenvalue weighted by Crippen LogP contribution is 2.17. The second-order valence-electron chi connectivity index (χ2n) is 4.53. The van der Waals surface area contributed by atoms with Crippen LogP contribution in [0.1, 0.15) is 45.4 Å². The van der Waals surface area contributed by atoms with Crippen LogP contribution < -0.4 is 10.6 Å². The van der Waals surface area contributed by atoms with Gasteiger partial charge in [-0.05, 0) is 32.6 Å². The monoisotopic (exact) mass is 369 g/mol. The van der Waals surface area contributed by atoms with E-state index in [2.05, 4.69) is 15.6 Å². The van der Waals surface area contributed by atoms with E-state index in [1.807, 2.05) is 14.0 Å². The van der Waals surface area contributed by atoms with Gasteiger partial charge >= 0.3 is 0 Å². The van der Waals surface area contributed by atoms with Crippen LogP contribution in [0.25, 0.3) is 0 Å². The summed E-state index contributed by atoms with van der Waals surface area (Å²) >= 11 is 0. The summed E-state index contributed by atoms with van der Waals surface area (Å²) in [5.41, 5.74) is 0. The molecule has 2 N–H and O–H groups in total. The van der Waals surface area contributed by atoms with Gasteiger partial charge in [0.2, 0.25) is 0 Å². The van der Waals surface area contributed by atoms with Crippen LogP contribution in [0.15, 0.2) is 4.99 Å². The predicted molar refractivity (Wildman–Crippen MR) is 87.9 cm³/mol. The van der Waals surface area contributed by atoms with Crippen molar-refractivity contribution >= 4 is 29.9 Å². The Morgan fingerprint density at radius 2 is 2.00 bits per heavy atom. The van der Waals surface area contributed by atoms with Crippen LogP contribution in [0.2, 0.25) is 0 Å². The van der Waals surface area contributed by atoms with Gasteiger partial charge in [-0.25, -0.2) is 0 Å². The van der Waals surface area contributed by atoms with E-state index >= 15 is 0 Å². The topological polar surface area (TPSA) is 45.6 Å². The van der Waals surface area contributed by atoms with E-state index in [1.54, 1.807) is 0 Å². The molecule has 1 saturated carbocycles. The average molecular weight is 369 g/mol. The number of ether oxygens (including phenoxy) is 1. The zero-order valence-corrected chi connectivity index (χ0v) is 14.0. The van der Waals surface area contributed by atoms with Crippen LogP contribution in [-0.4, -0.2) is 38.8 Å².